The molecule has 2 aromatic rings. The number of imidazole rings is 1. The highest BCUT2D eigenvalue weighted by Crippen LogP contribution is 2.57. The molecule has 14 nitrogen and oxygen atoms in total. The van der Waals surface area contributed by atoms with Gasteiger partial charge in [-0.2, -0.15) is 4.31 Å². The molecule has 3 heterocycles. The van der Waals surface area contributed by atoms with E-state index in [1.165, 1.54) is 17.2 Å². The number of fused-ring (bicyclic) bond motifs is 1. The number of hydrogen-bond acceptors (Lipinski definition) is 9. The maximum absolute atomic E-state index is 11.6. The molecule has 2 aromatic heterocycles. The fraction of sp³-hybridized carbons (Fsp3) is 0.500. The number of aliphatic hydroxyl groups is 1. The van der Waals surface area contributed by atoms with E-state index in [1.807, 2.05) is 0 Å². The average Bonchev–Trinajstić information content (AvgIpc) is 3.07. The molecule has 0 amide bonds. The first-order valence-corrected chi connectivity index (χ1v) is 10.1. The summed E-state index contributed by atoms with van der Waals surface area (Å²) >= 11 is 0. The van der Waals surface area contributed by atoms with Crippen LogP contribution in [0.1, 0.15) is 12.6 Å². The van der Waals surface area contributed by atoms with E-state index in [0.29, 0.717) is 0 Å². The average molecular weight is 412 g/mol. The van der Waals surface area contributed by atoms with Crippen LogP contribution in [0.4, 0.5) is 0 Å². The highest BCUT2D eigenvalue weighted by atomic mass is 31.3. The number of aliphatic hydroxyl groups excluding tert-OH is 1. The van der Waals surface area contributed by atoms with E-state index in [9.17, 15) is 23.9 Å². The summed E-state index contributed by atoms with van der Waals surface area (Å²) in [6.45, 7) is -0.675. The van der Waals surface area contributed by atoms with Crippen molar-refractivity contribution in [1.29, 1.82) is 0 Å². The van der Waals surface area contributed by atoms with E-state index in [1.54, 1.807) is 0 Å². The standard InChI is InChI=1S/C10H14N4O10P2/c15-5-1-7(14-4-13-8-9(14)11-3-12-10(8)16)23-6(5)2-22-26(20,21)24-25(17,18)19/h3-7,15H,1-2H2,(H,20,21)(H,11,12,16)(H2,17,18,19)/t5?,6-,7-/m1/s1. The Morgan fingerprint density at radius 1 is 1.35 bits per heavy atom. The second-order valence-corrected chi connectivity index (χ2v) is 8.15. The number of nitrogens with one attached hydrogen (secondary N) is 1. The number of ether oxygens (including phenoxy) is 1. The summed E-state index contributed by atoms with van der Waals surface area (Å²) in [6.07, 6.45) is -0.519. The summed E-state index contributed by atoms with van der Waals surface area (Å²) in [7, 11) is -10.3. The molecule has 1 saturated heterocycles. The van der Waals surface area contributed by atoms with Crippen LogP contribution >= 0.6 is 15.6 Å². The van der Waals surface area contributed by atoms with Crippen LogP contribution in [0.2, 0.25) is 0 Å². The normalized spacial score (nSPS) is 26.2. The molecule has 26 heavy (non-hydrogen) atoms. The molecule has 0 aliphatic carbocycles. The first-order chi connectivity index (χ1) is 12.1. The molecular formula is C10H14N4O10P2. The van der Waals surface area contributed by atoms with Crippen LogP contribution in [0, 0.1) is 0 Å². The number of phosphoric ester groups is 1. The summed E-state index contributed by atoms with van der Waals surface area (Å²) in [5.74, 6) is 0. The summed E-state index contributed by atoms with van der Waals surface area (Å²) in [6, 6.07) is 0. The van der Waals surface area contributed by atoms with E-state index in [-0.39, 0.29) is 17.6 Å². The molecule has 0 bridgehead atoms. The minimum absolute atomic E-state index is 0.0308. The summed E-state index contributed by atoms with van der Waals surface area (Å²) in [5.41, 5.74) is -0.173. The second-order valence-electron chi connectivity index (χ2n) is 5.32. The lowest BCUT2D eigenvalue weighted by Crippen LogP contribution is -2.26. The van der Waals surface area contributed by atoms with Gasteiger partial charge in [0.05, 0.1) is 25.4 Å². The van der Waals surface area contributed by atoms with Gasteiger partial charge in [-0.1, -0.05) is 0 Å². The minimum atomic E-state index is -5.24. The van der Waals surface area contributed by atoms with Gasteiger partial charge < -0.3 is 29.5 Å². The SMILES string of the molecule is O=c1[nH]cnc2c1ncn2[C@H]1CC(O)[C@@H](COP(=O)(O)OP(=O)(O)O)O1. The maximum atomic E-state index is 11.6. The van der Waals surface area contributed by atoms with E-state index in [0.717, 1.165) is 0 Å². The van der Waals surface area contributed by atoms with Crippen molar-refractivity contribution < 1.29 is 42.5 Å². The Morgan fingerprint density at radius 2 is 2.08 bits per heavy atom. The van der Waals surface area contributed by atoms with Crippen molar-refractivity contribution in [1.82, 2.24) is 19.5 Å². The quantitative estimate of drug-likeness (QED) is 0.362. The zero-order valence-corrected chi connectivity index (χ0v) is 14.6. The Kier molecular flexibility index (Phi) is 5.14. The topological polar surface area (TPSA) is 206 Å². The third-order valence-corrected chi connectivity index (χ3v) is 5.64. The maximum Gasteiger partial charge on any atom is 0.481 e. The number of rotatable bonds is 6. The molecule has 1 aliphatic heterocycles. The van der Waals surface area contributed by atoms with Crippen molar-refractivity contribution in [3.63, 3.8) is 0 Å². The van der Waals surface area contributed by atoms with Crippen molar-refractivity contribution >= 4 is 26.8 Å². The molecule has 2 unspecified atom stereocenters. The monoisotopic (exact) mass is 412 g/mol. The van der Waals surface area contributed by atoms with E-state index < -0.39 is 46.2 Å². The molecule has 5 N–H and O–H groups in total. The van der Waals surface area contributed by atoms with Crippen LogP contribution in [0.25, 0.3) is 11.2 Å². The van der Waals surface area contributed by atoms with Crippen LogP contribution in [-0.4, -0.2) is 58.1 Å². The lowest BCUT2D eigenvalue weighted by atomic mass is 10.2. The Balaban J connectivity index is 1.70. The highest BCUT2D eigenvalue weighted by molar-refractivity contribution is 7.60. The van der Waals surface area contributed by atoms with Crippen molar-refractivity contribution in [3.05, 3.63) is 23.0 Å². The van der Waals surface area contributed by atoms with Crippen molar-refractivity contribution in [3.8, 4) is 0 Å². The van der Waals surface area contributed by atoms with Crippen LogP contribution in [0.15, 0.2) is 17.4 Å². The number of aromatic nitrogens is 4. The van der Waals surface area contributed by atoms with Gasteiger partial charge in [-0.3, -0.25) is 13.9 Å². The molecule has 0 aromatic carbocycles. The number of nitrogens with zero attached hydrogens (tertiary/aromatic N) is 3. The molecule has 16 heteroatoms. The molecule has 3 rings (SSSR count). The number of phosphoric acid groups is 2. The number of H-pyrrole nitrogens is 1. The summed E-state index contributed by atoms with van der Waals surface area (Å²) in [4.78, 5) is 48.2. The third kappa shape index (κ3) is 4.26. The second kappa shape index (κ2) is 6.93. The zero-order valence-electron chi connectivity index (χ0n) is 12.8. The summed E-state index contributed by atoms with van der Waals surface area (Å²) in [5, 5.41) is 10.0. The Morgan fingerprint density at radius 3 is 2.77 bits per heavy atom. The van der Waals surface area contributed by atoms with Gasteiger partial charge in [0.15, 0.2) is 11.2 Å². The van der Waals surface area contributed by atoms with Crippen molar-refractivity contribution in [2.75, 3.05) is 6.61 Å². The summed E-state index contributed by atoms with van der Waals surface area (Å²) < 4.78 is 37.0. The van der Waals surface area contributed by atoms with E-state index in [4.69, 9.17) is 14.5 Å². The van der Waals surface area contributed by atoms with Crippen LogP contribution in [0.5, 0.6) is 0 Å². The lowest BCUT2D eigenvalue weighted by Gasteiger charge is -2.18. The van der Waals surface area contributed by atoms with Gasteiger partial charge >= 0.3 is 15.6 Å². The molecular weight excluding hydrogens is 398 g/mol. The van der Waals surface area contributed by atoms with Gasteiger partial charge in [-0.05, 0) is 0 Å². The fourth-order valence-electron chi connectivity index (χ4n) is 2.44. The number of hydrogen-bond donors (Lipinski definition) is 5. The van der Waals surface area contributed by atoms with Gasteiger partial charge in [0.1, 0.15) is 12.3 Å². The van der Waals surface area contributed by atoms with Gasteiger partial charge in [0.2, 0.25) is 0 Å². The first-order valence-electron chi connectivity index (χ1n) is 7.04. The molecule has 1 fully saturated rings. The third-order valence-electron chi connectivity index (χ3n) is 3.49. The van der Waals surface area contributed by atoms with Crippen LogP contribution < -0.4 is 5.56 Å². The van der Waals surface area contributed by atoms with E-state index in [2.05, 4.69) is 23.8 Å². The predicted molar refractivity (Wildman–Crippen MR) is 81.6 cm³/mol. The molecule has 144 valence electrons. The molecule has 4 atom stereocenters. The minimum Gasteiger partial charge on any atom is -0.390 e. The van der Waals surface area contributed by atoms with Crippen LogP contribution in [-0.2, 0) is 22.7 Å². The van der Waals surface area contributed by atoms with Crippen molar-refractivity contribution in [2.24, 2.45) is 0 Å². The first kappa shape index (κ1) is 19.3. The molecule has 0 saturated carbocycles. The van der Waals surface area contributed by atoms with Gasteiger partial charge in [0.25, 0.3) is 5.56 Å². The predicted octanol–water partition coefficient (Wildman–Crippen LogP) is -1.01. The van der Waals surface area contributed by atoms with Crippen LogP contribution in [0.3, 0.4) is 0 Å². The Bertz CT molecular complexity index is 953. The smallest absolute Gasteiger partial charge is 0.390 e. The van der Waals surface area contributed by atoms with E-state index >= 15 is 0 Å². The highest BCUT2D eigenvalue weighted by Gasteiger charge is 2.39. The van der Waals surface area contributed by atoms with Crippen molar-refractivity contribution in [2.45, 2.75) is 24.9 Å². The molecule has 1 aliphatic rings. The zero-order chi connectivity index (χ0) is 19.1. The van der Waals surface area contributed by atoms with Gasteiger partial charge in [-0.15, -0.1) is 0 Å². The Labute approximate surface area is 144 Å². The molecule has 0 spiro atoms. The fourth-order valence-corrected chi connectivity index (χ4v) is 4.03. The molecule has 0 radical (unpaired) electrons. The van der Waals surface area contributed by atoms with Gasteiger partial charge in [0, 0.05) is 6.42 Å². The lowest BCUT2D eigenvalue weighted by molar-refractivity contribution is -0.0423. The van der Waals surface area contributed by atoms with Gasteiger partial charge in [-0.25, -0.2) is 19.1 Å². The Hall–Kier alpha value is -1.47. The largest absolute Gasteiger partial charge is 0.481 e. The number of aromatic amines is 1.